The van der Waals surface area contributed by atoms with Gasteiger partial charge in [-0.2, -0.15) is 18.4 Å². The summed E-state index contributed by atoms with van der Waals surface area (Å²) in [6.07, 6.45) is 0. The standard InChI is InChI=1S/C8H11N3O5S/c1-16-8(12)6-2-4-7(5-3-6)11(10-9)17(13,14)15/h2-5,10H,9H2,1H3,(H,13,14,15). The molecule has 4 N–H and O–H groups in total. The van der Waals surface area contributed by atoms with Crippen molar-refractivity contribution in [2.24, 2.45) is 5.84 Å². The number of hydrazine groups is 2. The summed E-state index contributed by atoms with van der Waals surface area (Å²) in [6, 6.07) is 5.22. The number of carbonyl (C=O) groups excluding carboxylic acids is 1. The maximum Gasteiger partial charge on any atom is 0.374 e. The highest BCUT2D eigenvalue weighted by atomic mass is 32.2. The van der Waals surface area contributed by atoms with Crippen LogP contribution in [0.4, 0.5) is 5.69 Å². The average Bonchev–Trinajstić information content (AvgIpc) is 2.28. The van der Waals surface area contributed by atoms with E-state index in [9.17, 15) is 13.2 Å². The fourth-order valence-electron chi connectivity index (χ4n) is 1.13. The monoisotopic (exact) mass is 261 g/mol. The van der Waals surface area contributed by atoms with Crippen LogP contribution in [-0.2, 0) is 15.0 Å². The summed E-state index contributed by atoms with van der Waals surface area (Å²) in [4.78, 5) is 11.1. The van der Waals surface area contributed by atoms with E-state index >= 15 is 0 Å². The molecule has 0 aliphatic carbocycles. The third-order valence-corrected chi connectivity index (χ3v) is 2.65. The Labute approximate surface area is 97.8 Å². The van der Waals surface area contributed by atoms with E-state index in [-0.39, 0.29) is 11.3 Å². The van der Waals surface area contributed by atoms with Gasteiger partial charge in [-0.1, -0.05) is 0 Å². The first kappa shape index (κ1) is 13.4. The van der Waals surface area contributed by atoms with Crippen molar-refractivity contribution in [2.75, 3.05) is 11.5 Å². The van der Waals surface area contributed by atoms with Crippen LogP contribution in [0.15, 0.2) is 24.3 Å². The Morgan fingerprint density at radius 2 is 1.94 bits per heavy atom. The molecule has 0 aliphatic rings. The zero-order chi connectivity index (χ0) is 13.1. The van der Waals surface area contributed by atoms with Gasteiger partial charge in [0.2, 0.25) is 0 Å². The molecule has 0 fully saturated rings. The third kappa shape index (κ3) is 3.14. The van der Waals surface area contributed by atoms with Crippen molar-refractivity contribution in [2.45, 2.75) is 0 Å². The van der Waals surface area contributed by atoms with E-state index in [1.165, 1.54) is 31.4 Å². The Hall–Kier alpha value is -1.68. The smallest absolute Gasteiger partial charge is 0.374 e. The summed E-state index contributed by atoms with van der Waals surface area (Å²) in [5, 5.41) is 0. The molecule has 9 heteroatoms. The minimum Gasteiger partial charge on any atom is -0.465 e. The topological polar surface area (TPSA) is 122 Å². The van der Waals surface area contributed by atoms with E-state index in [0.29, 0.717) is 4.41 Å². The lowest BCUT2D eigenvalue weighted by molar-refractivity contribution is 0.0601. The van der Waals surface area contributed by atoms with Crippen molar-refractivity contribution in [3.05, 3.63) is 29.8 Å². The van der Waals surface area contributed by atoms with Crippen molar-refractivity contribution in [1.82, 2.24) is 5.53 Å². The maximum atomic E-state index is 11.1. The van der Waals surface area contributed by atoms with E-state index in [1.807, 2.05) is 0 Å². The van der Waals surface area contributed by atoms with Gasteiger partial charge in [-0.3, -0.25) is 10.4 Å². The SMILES string of the molecule is COC(=O)c1ccc(N(NN)S(=O)(=O)O)cc1. The van der Waals surface area contributed by atoms with E-state index in [0.717, 1.165) is 0 Å². The van der Waals surface area contributed by atoms with E-state index in [1.54, 1.807) is 5.53 Å². The number of anilines is 1. The molecule has 0 heterocycles. The number of ether oxygens (including phenoxy) is 1. The Balaban J connectivity index is 3.05. The number of nitrogens with one attached hydrogen (secondary N) is 1. The van der Waals surface area contributed by atoms with Crippen LogP contribution in [0.2, 0.25) is 0 Å². The largest absolute Gasteiger partial charge is 0.465 e. The first-order valence-corrected chi connectivity index (χ1v) is 5.72. The average molecular weight is 261 g/mol. The molecule has 8 nitrogen and oxygen atoms in total. The first-order chi connectivity index (χ1) is 7.90. The second-order valence-corrected chi connectivity index (χ2v) is 4.17. The van der Waals surface area contributed by atoms with Gasteiger partial charge in [-0.05, 0) is 24.3 Å². The second-order valence-electron chi connectivity index (χ2n) is 2.91. The Morgan fingerprint density at radius 1 is 1.41 bits per heavy atom. The first-order valence-electron chi connectivity index (χ1n) is 4.32. The summed E-state index contributed by atoms with van der Waals surface area (Å²) in [5.74, 6) is 4.40. The van der Waals surface area contributed by atoms with Crippen LogP contribution in [0.3, 0.4) is 0 Å². The predicted octanol–water partition coefficient (Wildman–Crippen LogP) is -0.539. The Kier molecular flexibility index (Phi) is 4.02. The quantitative estimate of drug-likeness (QED) is 0.288. The zero-order valence-electron chi connectivity index (χ0n) is 8.82. The van der Waals surface area contributed by atoms with Crippen LogP contribution >= 0.6 is 0 Å². The molecular weight excluding hydrogens is 250 g/mol. The van der Waals surface area contributed by atoms with Crippen LogP contribution in [0.1, 0.15) is 10.4 Å². The van der Waals surface area contributed by atoms with Crippen LogP contribution in [0.5, 0.6) is 0 Å². The summed E-state index contributed by atoms with van der Waals surface area (Å²) in [6.45, 7) is 0. The molecule has 0 atom stereocenters. The van der Waals surface area contributed by atoms with Crippen LogP contribution in [0.25, 0.3) is 0 Å². The number of esters is 1. The van der Waals surface area contributed by atoms with Crippen molar-refractivity contribution in [1.29, 1.82) is 0 Å². The molecular formula is C8H11N3O5S. The Morgan fingerprint density at radius 3 is 2.29 bits per heavy atom. The normalized spacial score (nSPS) is 11.0. The molecule has 0 aliphatic heterocycles. The molecule has 17 heavy (non-hydrogen) atoms. The fraction of sp³-hybridized carbons (Fsp3) is 0.125. The van der Waals surface area contributed by atoms with E-state index < -0.39 is 16.3 Å². The highest BCUT2D eigenvalue weighted by molar-refractivity contribution is 7.87. The molecule has 1 aromatic rings. The van der Waals surface area contributed by atoms with Gasteiger partial charge >= 0.3 is 16.3 Å². The lowest BCUT2D eigenvalue weighted by Gasteiger charge is -2.18. The van der Waals surface area contributed by atoms with Crippen molar-refractivity contribution in [3.63, 3.8) is 0 Å². The molecule has 0 aromatic heterocycles. The number of hydrogen-bond donors (Lipinski definition) is 3. The molecule has 0 saturated heterocycles. The molecule has 0 radical (unpaired) electrons. The van der Waals surface area contributed by atoms with Gasteiger partial charge in [0, 0.05) is 0 Å². The Bertz CT molecular complexity index is 498. The summed E-state index contributed by atoms with van der Waals surface area (Å²) < 4.78 is 35.4. The summed E-state index contributed by atoms with van der Waals surface area (Å²) >= 11 is 0. The number of benzene rings is 1. The van der Waals surface area contributed by atoms with Gasteiger partial charge in [-0.15, -0.1) is 0 Å². The van der Waals surface area contributed by atoms with E-state index in [4.69, 9.17) is 10.4 Å². The lowest BCUT2D eigenvalue weighted by atomic mass is 10.2. The minimum atomic E-state index is -4.53. The fourth-order valence-corrected chi connectivity index (χ4v) is 1.65. The minimum absolute atomic E-state index is 0.0441. The van der Waals surface area contributed by atoms with Gasteiger partial charge in [-0.25, -0.2) is 4.79 Å². The van der Waals surface area contributed by atoms with Crippen molar-refractivity contribution in [3.8, 4) is 0 Å². The lowest BCUT2D eigenvalue weighted by Crippen LogP contribution is -2.46. The van der Waals surface area contributed by atoms with Gasteiger partial charge in [0.1, 0.15) is 0 Å². The van der Waals surface area contributed by atoms with Gasteiger partial charge < -0.3 is 4.74 Å². The molecule has 0 amide bonds. The molecule has 0 spiro atoms. The molecule has 0 bridgehead atoms. The number of carbonyl (C=O) groups is 1. The molecule has 0 saturated carbocycles. The number of hydrogen-bond acceptors (Lipinski definition) is 6. The highest BCUT2D eigenvalue weighted by Gasteiger charge is 2.18. The number of methoxy groups -OCH3 is 1. The van der Waals surface area contributed by atoms with Gasteiger partial charge in [0.15, 0.2) is 0 Å². The maximum absolute atomic E-state index is 11.1. The van der Waals surface area contributed by atoms with Crippen molar-refractivity contribution < 1.29 is 22.5 Å². The highest BCUT2D eigenvalue weighted by Crippen LogP contribution is 2.15. The van der Waals surface area contributed by atoms with E-state index in [2.05, 4.69) is 4.74 Å². The van der Waals surface area contributed by atoms with Crippen LogP contribution in [0, 0.1) is 0 Å². The second kappa shape index (κ2) is 5.10. The summed E-state index contributed by atoms with van der Waals surface area (Å²) in [5.41, 5.74) is 2.08. The molecule has 1 aromatic carbocycles. The predicted molar refractivity (Wildman–Crippen MR) is 59.1 cm³/mol. The number of nitrogens with zero attached hydrogens (tertiary/aromatic N) is 1. The number of nitrogens with two attached hydrogens (primary N) is 1. The zero-order valence-corrected chi connectivity index (χ0v) is 9.64. The van der Waals surface area contributed by atoms with Crippen LogP contribution < -0.4 is 15.8 Å². The summed E-state index contributed by atoms with van der Waals surface area (Å²) in [7, 11) is -3.30. The van der Waals surface area contributed by atoms with Crippen molar-refractivity contribution >= 4 is 22.0 Å². The molecule has 1 rings (SSSR count). The molecule has 0 unspecified atom stereocenters. The van der Waals surface area contributed by atoms with Crippen LogP contribution in [-0.4, -0.2) is 26.0 Å². The number of rotatable bonds is 4. The van der Waals surface area contributed by atoms with Gasteiger partial charge in [0.25, 0.3) is 0 Å². The van der Waals surface area contributed by atoms with Gasteiger partial charge in [0.05, 0.1) is 18.4 Å². The molecule has 94 valence electrons. The third-order valence-electron chi connectivity index (χ3n) is 1.87.